The zero-order valence-corrected chi connectivity index (χ0v) is 15.2. The summed E-state index contributed by atoms with van der Waals surface area (Å²) in [5, 5.41) is 5.06. The lowest BCUT2D eigenvalue weighted by Crippen LogP contribution is -2.19. The van der Waals surface area contributed by atoms with Crippen LogP contribution in [0.2, 0.25) is 0 Å². The van der Waals surface area contributed by atoms with Gasteiger partial charge in [0, 0.05) is 16.5 Å². The molecule has 1 amide bonds. The molecule has 0 aliphatic heterocycles. The largest absolute Gasteiger partial charge is 0.494 e. The molecule has 0 saturated carbocycles. The van der Waals surface area contributed by atoms with Crippen LogP contribution in [0, 0.1) is 0 Å². The molecule has 1 heterocycles. The second-order valence-electron chi connectivity index (χ2n) is 5.42. The number of thioether (sulfide) groups is 1. The summed E-state index contributed by atoms with van der Waals surface area (Å²) in [6, 6.07) is 17.4. The maximum atomic E-state index is 12.0. The smallest absolute Gasteiger partial charge is 0.250 e. The highest BCUT2D eigenvalue weighted by atomic mass is 32.2. The molecule has 3 aromatic rings. The van der Waals surface area contributed by atoms with E-state index in [1.165, 1.54) is 11.8 Å². The molecule has 1 aromatic heterocycles. The average Bonchev–Trinajstić information content (AvgIpc) is 2.68. The first-order chi connectivity index (χ1) is 12.8. The standard InChI is InChI=1S/C20H19N3O2S/c1-2-25-17-10-8-15(9-11-17)13-22-23-19(24)14-26-18-7-3-5-16-6-4-12-21-20(16)18/h3-13H,2,14H2,1H3,(H,23,24)/b22-13-. The van der Waals surface area contributed by atoms with Crippen LogP contribution in [0.3, 0.4) is 0 Å². The Labute approximate surface area is 156 Å². The van der Waals surface area contributed by atoms with E-state index in [2.05, 4.69) is 15.5 Å². The SMILES string of the molecule is CCOc1ccc(/C=N\NC(=O)CSc2cccc3cccnc23)cc1. The van der Waals surface area contributed by atoms with Crippen LogP contribution < -0.4 is 10.2 Å². The van der Waals surface area contributed by atoms with Crippen molar-refractivity contribution in [2.24, 2.45) is 5.10 Å². The molecule has 0 bridgehead atoms. The quantitative estimate of drug-likeness (QED) is 0.392. The summed E-state index contributed by atoms with van der Waals surface area (Å²) in [6.07, 6.45) is 3.37. The van der Waals surface area contributed by atoms with E-state index >= 15 is 0 Å². The molecule has 0 saturated heterocycles. The number of hydrazone groups is 1. The molecular formula is C20H19N3O2S. The van der Waals surface area contributed by atoms with Gasteiger partial charge in [-0.15, -0.1) is 11.8 Å². The van der Waals surface area contributed by atoms with E-state index in [-0.39, 0.29) is 11.7 Å². The third kappa shape index (κ3) is 4.83. The van der Waals surface area contributed by atoms with Crippen molar-refractivity contribution in [1.82, 2.24) is 10.4 Å². The molecule has 1 N–H and O–H groups in total. The minimum Gasteiger partial charge on any atom is -0.494 e. The fourth-order valence-electron chi connectivity index (χ4n) is 2.36. The lowest BCUT2D eigenvalue weighted by molar-refractivity contribution is -0.118. The van der Waals surface area contributed by atoms with Gasteiger partial charge in [-0.1, -0.05) is 18.2 Å². The van der Waals surface area contributed by atoms with E-state index in [1.807, 2.05) is 61.5 Å². The summed E-state index contributed by atoms with van der Waals surface area (Å²) in [7, 11) is 0. The molecule has 0 fully saturated rings. The fourth-order valence-corrected chi connectivity index (χ4v) is 3.20. The van der Waals surface area contributed by atoms with Gasteiger partial charge in [-0.3, -0.25) is 9.78 Å². The van der Waals surface area contributed by atoms with E-state index in [0.29, 0.717) is 6.61 Å². The minimum atomic E-state index is -0.162. The molecule has 26 heavy (non-hydrogen) atoms. The number of pyridine rings is 1. The Morgan fingerprint density at radius 2 is 2.00 bits per heavy atom. The van der Waals surface area contributed by atoms with E-state index < -0.39 is 0 Å². The Bertz CT molecular complexity index is 905. The van der Waals surface area contributed by atoms with Crippen molar-refractivity contribution in [3.8, 4) is 5.75 Å². The van der Waals surface area contributed by atoms with Crippen LogP contribution in [-0.4, -0.2) is 29.5 Å². The third-order valence-corrected chi connectivity index (χ3v) is 4.60. The number of nitrogens with one attached hydrogen (secondary N) is 1. The molecule has 0 radical (unpaired) electrons. The number of nitrogens with zero attached hydrogens (tertiary/aromatic N) is 2. The highest BCUT2D eigenvalue weighted by molar-refractivity contribution is 8.00. The number of carbonyl (C=O) groups is 1. The monoisotopic (exact) mass is 365 g/mol. The van der Waals surface area contributed by atoms with Crippen LogP contribution in [-0.2, 0) is 4.79 Å². The van der Waals surface area contributed by atoms with Gasteiger partial charge in [0.1, 0.15) is 5.75 Å². The summed E-state index contributed by atoms with van der Waals surface area (Å²) >= 11 is 1.45. The van der Waals surface area contributed by atoms with Crippen LogP contribution in [0.5, 0.6) is 5.75 Å². The van der Waals surface area contributed by atoms with E-state index in [0.717, 1.165) is 27.1 Å². The molecule has 0 spiro atoms. The van der Waals surface area contributed by atoms with Gasteiger partial charge in [0.15, 0.2) is 0 Å². The van der Waals surface area contributed by atoms with E-state index in [4.69, 9.17) is 4.74 Å². The van der Waals surface area contributed by atoms with Crippen LogP contribution in [0.4, 0.5) is 0 Å². The number of carbonyl (C=O) groups excluding carboxylic acids is 1. The topological polar surface area (TPSA) is 63.6 Å². The summed E-state index contributed by atoms with van der Waals surface area (Å²) in [5.41, 5.74) is 4.34. The molecule has 5 nitrogen and oxygen atoms in total. The van der Waals surface area contributed by atoms with Crippen molar-refractivity contribution in [1.29, 1.82) is 0 Å². The molecule has 2 aromatic carbocycles. The number of hydrogen-bond acceptors (Lipinski definition) is 5. The number of fused-ring (bicyclic) bond motifs is 1. The molecule has 0 aliphatic carbocycles. The van der Waals surface area contributed by atoms with Crippen molar-refractivity contribution in [2.75, 3.05) is 12.4 Å². The summed E-state index contributed by atoms with van der Waals surface area (Å²) in [5.74, 6) is 0.926. The number of rotatable bonds is 7. The van der Waals surface area contributed by atoms with Gasteiger partial charge in [-0.25, -0.2) is 5.43 Å². The number of benzene rings is 2. The minimum absolute atomic E-state index is 0.162. The highest BCUT2D eigenvalue weighted by Gasteiger charge is 2.06. The number of aromatic nitrogens is 1. The lowest BCUT2D eigenvalue weighted by Gasteiger charge is -2.04. The number of ether oxygens (including phenoxy) is 1. The Kier molecular flexibility index (Phi) is 6.22. The van der Waals surface area contributed by atoms with Crippen molar-refractivity contribution in [2.45, 2.75) is 11.8 Å². The summed E-state index contributed by atoms with van der Waals surface area (Å²) in [4.78, 5) is 17.4. The number of hydrogen-bond donors (Lipinski definition) is 1. The molecule has 3 rings (SSSR count). The maximum absolute atomic E-state index is 12.0. The molecule has 132 valence electrons. The molecule has 0 unspecified atom stereocenters. The van der Waals surface area contributed by atoms with Gasteiger partial charge in [0.05, 0.1) is 24.1 Å². The Hall–Kier alpha value is -2.86. The Morgan fingerprint density at radius 3 is 2.81 bits per heavy atom. The van der Waals surface area contributed by atoms with Crippen LogP contribution in [0.15, 0.2) is 70.8 Å². The summed E-state index contributed by atoms with van der Waals surface area (Å²) < 4.78 is 5.39. The van der Waals surface area contributed by atoms with Gasteiger partial charge in [-0.2, -0.15) is 5.10 Å². The van der Waals surface area contributed by atoms with Crippen molar-refractivity contribution < 1.29 is 9.53 Å². The third-order valence-electron chi connectivity index (χ3n) is 3.55. The second kappa shape index (κ2) is 9.01. The van der Waals surface area contributed by atoms with Gasteiger partial charge in [-0.05, 0) is 48.9 Å². The predicted octanol–water partition coefficient (Wildman–Crippen LogP) is 3.88. The van der Waals surface area contributed by atoms with Crippen molar-refractivity contribution >= 4 is 34.8 Å². The Morgan fingerprint density at radius 1 is 1.19 bits per heavy atom. The lowest BCUT2D eigenvalue weighted by atomic mass is 10.2. The first-order valence-corrected chi connectivity index (χ1v) is 9.26. The molecule has 0 aliphatic rings. The van der Waals surface area contributed by atoms with Crippen LogP contribution in [0.1, 0.15) is 12.5 Å². The van der Waals surface area contributed by atoms with Crippen molar-refractivity contribution in [3.63, 3.8) is 0 Å². The normalized spacial score (nSPS) is 11.0. The Balaban J connectivity index is 1.52. The average molecular weight is 365 g/mol. The molecule has 6 heteroatoms. The first kappa shape index (κ1) is 17.9. The van der Waals surface area contributed by atoms with E-state index in [1.54, 1.807) is 12.4 Å². The van der Waals surface area contributed by atoms with Gasteiger partial charge >= 0.3 is 0 Å². The van der Waals surface area contributed by atoms with E-state index in [9.17, 15) is 4.79 Å². The van der Waals surface area contributed by atoms with Crippen LogP contribution in [0.25, 0.3) is 10.9 Å². The second-order valence-corrected chi connectivity index (χ2v) is 6.43. The predicted molar refractivity (Wildman–Crippen MR) is 106 cm³/mol. The van der Waals surface area contributed by atoms with Gasteiger partial charge in [0.2, 0.25) is 5.91 Å². The number of amides is 1. The fraction of sp³-hybridized carbons (Fsp3) is 0.150. The highest BCUT2D eigenvalue weighted by Crippen LogP contribution is 2.25. The molecule has 0 atom stereocenters. The van der Waals surface area contributed by atoms with Gasteiger partial charge in [0.25, 0.3) is 0 Å². The van der Waals surface area contributed by atoms with Crippen molar-refractivity contribution in [3.05, 3.63) is 66.4 Å². The maximum Gasteiger partial charge on any atom is 0.250 e. The van der Waals surface area contributed by atoms with Gasteiger partial charge < -0.3 is 4.74 Å². The zero-order chi connectivity index (χ0) is 18.2. The first-order valence-electron chi connectivity index (χ1n) is 8.27. The summed E-state index contributed by atoms with van der Waals surface area (Å²) in [6.45, 7) is 2.57. The zero-order valence-electron chi connectivity index (χ0n) is 14.4. The molecular weight excluding hydrogens is 346 g/mol. The van der Waals surface area contributed by atoms with Crippen LogP contribution >= 0.6 is 11.8 Å². The number of para-hydroxylation sites is 1.